The Morgan fingerprint density at radius 2 is 1.14 bits per heavy atom. The molecule has 2 aliphatic rings. The Morgan fingerprint density at radius 1 is 0.529 bits per heavy atom. The summed E-state index contributed by atoms with van der Waals surface area (Å²) in [5, 5.41) is 4.49. The van der Waals surface area contributed by atoms with Gasteiger partial charge in [0.05, 0.1) is 12.1 Å². The fraction of sp³-hybridized carbons (Fsp3) is 0.0833. The van der Waals surface area contributed by atoms with Crippen molar-refractivity contribution in [2.24, 2.45) is 0 Å². The van der Waals surface area contributed by atoms with Crippen LogP contribution in [0.3, 0.4) is 0 Å². The van der Waals surface area contributed by atoms with Crippen LogP contribution in [0.25, 0.3) is 66.2 Å². The minimum atomic E-state index is 0.178. The van der Waals surface area contributed by atoms with Crippen molar-refractivity contribution in [3.63, 3.8) is 0 Å². The zero-order chi connectivity index (χ0) is 33.7. The standard InChI is InChI=1S/C48H33NO2/c1-2-10-32(11-3-1)33-20-26-36(27-21-33)49(37-28-22-34(23-29-37)39-14-8-16-43-41-12-4-6-18-45(41)50-47(39)43)38-30-24-35(25-31-38)40-15-9-17-44-42-13-5-7-19-46(42)51-48(40)44/h1-6,8-18,20-28,30,37-38H,29,31H2. The molecule has 2 heterocycles. The highest BCUT2D eigenvalue weighted by Crippen LogP contribution is 2.39. The third-order valence-corrected chi connectivity index (χ3v) is 10.4. The number of furan rings is 2. The highest BCUT2D eigenvalue weighted by Gasteiger charge is 2.27. The van der Waals surface area contributed by atoms with Crippen molar-refractivity contribution in [3.05, 3.63) is 187 Å². The zero-order valence-electron chi connectivity index (χ0n) is 27.9. The molecule has 0 saturated carbocycles. The smallest absolute Gasteiger partial charge is 0.185 e. The molecule has 242 valence electrons. The number of rotatable bonds is 6. The maximum absolute atomic E-state index is 6.40. The minimum absolute atomic E-state index is 0.178. The molecule has 3 heteroatoms. The van der Waals surface area contributed by atoms with Crippen LogP contribution in [0.2, 0.25) is 0 Å². The van der Waals surface area contributed by atoms with Crippen LogP contribution < -0.4 is 4.90 Å². The van der Waals surface area contributed by atoms with Crippen LogP contribution in [0.5, 0.6) is 0 Å². The Kier molecular flexibility index (Phi) is 6.99. The van der Waals surface area contributed by atoms with Gasteiger partial charge >= 0.3 is 0 Å². The van der Waals surface area contributed by atoms with Gasteiger partial charge in [0.15, 0.2) is 5.58 Å². The summed E-state index contributed by atoms with van der Waals surface area (Å²) in [6.45, 7) is 0. The topological polar surface area (TPSA) is 29.5 Å². The first-order chi connectivity index (χ1) is 25.3. The fourth-order valence-corrected chi connectivity index (χ4v) is 7.95. The molecule has 0 amide bonds. The minimum Gasteiger partial charge on any atom is -0.455 e. The molecule has 0 spiro atoms. The summed E-state index contributed by atoms with van der Waals surface area (Å²) in [6, 6.07) is 51.3. The first kappa shape index (κ1) is 29.4. The first-order valence-electron chi connectivity index (χ1n) is 17.6. The third-order valence-electron chi connectivity index (χ3n) is 10.4. The summed E-state index contributed by atoms with van der Waals surface area (Å²) >= 11 is 0. The van der Waals surface area contributed by atoms with Crippen LogP contribution >= 0.6 is 0 Å². The van der Waals surface area contributed by atoms with E-state index in [1.807, 2.05) is 18.2 Å². The second kappa shape index (κ2) is 12.1. The van der Waals surface area contributed by atoms with Crippen molar-refractivity contribution < 1.29 is 8.83 Å². The van der Waals surface area contributed by atoms with Crippen molar-refractivity contribution in [1.29, 1.82) is 0 Å². The molecule has 8 aromatic rings. The number of benzene rings is 5. The third kappa shape index (κ3) is 5.07. The number of hydrogen-bond donors (Lipinski definition) is 0. The Balaban J connectivity index is 0.983. The van der Waals surface area contributed by atoms with Gasteiger partial charge in [0.2, 0.25) is 0 Å². The van der Waals surface area contributed by atoms with Crippen LogP contribution in [0, 0.1) is 12.1 Å². The monoisotopic (exact) mass is 655 g/mol. The van der Waals surface area contributed by atoms with E-state index in [0.29, 0.717) is 0 Å². The van der Waals surface area contributed by atoms with E-state index >= 15 is 0 Å². The lowest BCUT2D eigenvalue weighted by Crippen LogP contribution is -2.42. The molecular weight excluding hydrogens is 623 g/mol. The fourth-order valence-electron chi connectivity index (χ4n) is 7.95. The van der Waals surface area contributed by atoms with E-state index in [1.54, 1.807) is 0 Å². The molecule has 6 aromatic carbocycles. The molecule has 0 bridgehead atoms. The molecule has 0 aliphatic heterocycles. The van der Waals surface area contributed by atoms with Gasteiger partial charge < -0.3 is 13.7 Å². The van der Waals surface area contributed by atoms with Crippen molar-refractivity contribution in [3.8, 4) is 11.1 Å². The van der Waals surface area contributed by atoms with Gasteiger partial charge in [-0.1, -0.05) is 140 Å². The van der Waals surface area contributed by atoms with E-state index < -0.39 is 0 Å². The molecular formula is C48H33NO2. The summed E-state index contributed by atoms with van der Waals surface area (Å²) < 4.78 is 12.7. The van der Waals surface area contributed by atoms with Gasteiger partial charge in [-0.3, -0.25) is 0 Å². The summed E-state index contributed by atoms with van der Waals surface area (Å²) in [6.07, 6.45) is 15.8. The van der Waals surface area contributed by atoms with Crippen molar-refractivity contribution in [2.75, 3.05) is 4.90 Å². The largest absolute Gasteiger partial charge is 0.455 e. The summed E-state index contributed by atoms with van der Waals surface area (Å²) in [7, 11) is 0. The second-order valence-electron chi connectivity index (χ2n) is 13.4. The van der Waals surface area contributed by atoms with E-state index in [1.165, 1.54) is 28.0 Å². The maximum Gasteiger partial charge on any atom is 0.185 e. The van der Waals surface area contributed by atoms with Gasteiger partial charge in [-0.15, -0.1) is 0 Å². The van der Waals surface area contributed by atoms with Crippen molar-refractivity contribution in [1.82, 2.24) is 0 Å². The molecule has 2 aliphatic carbocycles. The Hall–Kier alpha value is -6.50. The average Bonchev–Trinajstić information content (AvgIpc) is 3.78. The second-order valence-corrected chi connectivity index (χ2v) is 13.4. The van der Waals surface area contributed by atoms with Gasteiger partial charge in [-0.2, -0.15) is 0 Å². The Bertz CT molecular complexity index is 2550. The van der Waals surface area contributed by atoms with Gasteiger partial charge in [-0.05, 0) is 71.5 Å². The van der Waals surface area contributed by atoms with Crippen LogP contribution in [-0.2, 0) is 0 Å². The predicted octanol–water partition coefficient (Wildman–Crippen LogP) is 12.4. The molecule has 3 nitrogen and oxygen atoms in total. The van der Waals surface area contributed by atoms with E-state index in [0.717, 1.165) is 67.8 Å². The van der Waals surface area contributed by atoms with Gasteiger partial charge in [0.1, 0.15) is 16.7 Å². The van der Waals surface area contributed by atoms with Gasteiger partial charge in [0.25, 0.3) is 0 Å². The maximum atomic E-state index is 6.40. The van der Waals surface area contributed by atoms with Crippen LogP contribution in [-0.4, -0.2) is 12.1 Å². The van der Waals surface area contributed by atoms with Crippen LogP contribution in [0.4, 0.5) is 5.69 Å². The highest BCUT2D eigenvalue weighted by molar-refractivity contribution is 6.09. The predicted molar refractivity (Wildman–Crippen MR) is 211 cm³/mol. The van der Waals surface area contributed by atoms with E-state index in [4.69, 9.17) is 8.83 Å². The van der Waals surface area contributed by atoms with E-state index in [9.17, 15) is 0 Å². The summed E-state index contributed by atoms with van der Waals surface area (Å²) in [5.74, 6) is 0. The summed E-state index contributed by atoms with van der Waals surface area (Å²) in [5.41, 5.74) is 11.8. The molecule has 2 atom stereocenters. The van der Waals surface area contributed by atoms with Gasteiger partial charge in [-0.25, -0.2) is 0 Å². The molecule has 2 unspecified atom stereocenters. The number of hydrogen-bond acceptors (Lipinski definition) is 3. The quantitative estimate of drug-likeness (QED) is 0.179. The average molecular weight is 656 g/mol. The van der Waals surface area contributed by atoms with Crippen molar-refractivity contribution in [2.45, 2.75) is 24.9 Å². The lowest BCUT2D eigenvalue weighted by molar-refractivity contribution is 0.617. The highest BCUT2D eigenvalue weighted by atomic mass is 16.3. The summed E-state index contributed by atoms with van der Waals surface area (Å²) in [4.78, 5) is 2.58. The normalized spacial score (nSPS) is 17.2. The lowest BCUT2D eigenvalue weighted by atomic mass is 9.91. The number of anilines is 1. The Labute approximate surface area is 296 Å². The molecule has 51 heavy (non-hydrogen) atoms. The van der Waals surface area contributed by atoms with E-state index in [-0.39, 0.29) is 12.1 Å². The molecule has 0 fully saturated rings. The number of nitrogens with zero attached hydrogens (tertiary/aromatic N) is 1. The number of para-hydroxylation sites is 3. The SMILES string of the molecule is c1ccc2c(c#1)oc1c(C3=CCC(N(c4ccc(-c5ccccc5)cc4)C4C=CC(c5cccc6c5oc5ccccc56)=CC4)C=C3)cccc12. The zero-order valence-corrected chi connectivity index (χ0v) is 27.9. The molecule has 10 rings (SSSR count). The molecule has 0 radical (unpaired) electrons. The van der Waals surface area contributed by atoms with Crippen LogP contribution in [0.1, 0.15) is 24.0 Å². The van der Waals surface area contributed by atoms with Crippen molar-refractivity contribution >= 4 is 60.7 Å². The van der Waals surface area contributed by atoms with Crippen LogP contribution in [0.15, 0.2) is 173 Å². The molecule has 0 N–H and O–H groups in total. The Morgan fingerprint density at radius 3 is 1.82 bits per heavy atom. The van der Waals surface area contributed by atoms with E-state index in [2.05, 4.69) is 163 Å². The number of allylic oxidation sites excluding steroid dienone is 4. The first-order valence-corrected chi connectivity index (χ1v) is 17.6. The number of fused-ring (bicyclic) bond motifs is 6. The molecule has 0 saturated heterocycles. The molecule has 2 aromatic heterocycles. The lowest BCUT2D eigenvalue weighted by Gasteiger charge is -2.39. The van der Waals surface area contributed by atoms with Gasteiger partial charge in [0, 0.05) is 38.4 Å².